The molecule has 29 heteroatoms. The van der Waals surface area contributed by atoms with Crippen molar-refractivity contribution in [2.75, 3.05) is 81.2 Å². The molecule has 109 heavy (non-hydrogen) atoms. The number of nitrogens with zero attached hydrogens (tertiary/aromatic N) is 7. The van der Waals surface area contributed by atoms with E-state index in [1.807, 2.05) is 97.5 Å². The number of aliphatic hydroxyl groups is 1. The Morgan fingerprint density at radius 2 is 1.39 bits per heavy atom. The maximum absolute atomic E-state index is 14.5. The Kier molecular flexibility index (Phi) is 22.2. The quantitative estimate of drug-likeness (QED) is 0.0250. The molecule has 5 atom stereocenters. The van der Waals surface area contributed by atoms with Gasteiger partial charge in [-0.1, -0.05) is 85.8 Å². The van der Waals surface area contributed by atoms with Crippen molar-refractivity contribution < 1.29 is 76.7 Å². The molecule has 1 aliphatic carbocycles. The number of carbonyl (C=O) groups is 9. The topological polar surface area (TPSA) is 345 Å². The van der Waals surface area contributed by atoms with E-state index >= 15 is 0 Å². The van der Waals surface area contributed by atoms with Crippen LogP contribution in [0.2, 0.25) is 0 Å². The van der Waals surface area contributed by atoms with Gasteiger partial charge in [0.2, 0.25) is 35.4 Å². The van der Waals surface area contributed by atoms with E-state index in [2.05, 4.69) is 42.2 Å². The summed E-state index contributed by atoms with van der Waals surface area (Å²) in [6.45, 7) is 9.00. The fourth-order valence-electron chi connectivity index (χ4n) is 14.5. The maximum Gasteiger partial charge on any atom is 0.416 e. The number of aliphatic hydroxyl groups excluding tert-OH is 1. The van der Waals surface area contributed by atoms with E-state index < -0.39 is 79.0 Å². The number of methoxy groups -OCH3 is 3. The Morgan fingerprint density at radius 3 is 2.10 bits per heavy atom. The summed E-state index contributed by atoms with van der Waals surface area (Å²) >= 11 is 0. The Labute approximate surface area is 629 Å². The third-order valence-electron chi connectivity index (χ3n) is 20.6. The standard InChI is InChI=1S/C80H89N13O16/c1-45(2)71(86-69(96)40-83-68(95)39-82-67(94)25-26-70(97)90-41-50-15-9-10-18-55(50)73-72(87-88-93(73)46(3)4)56-19-11-12-20-60(56)90)75(99)84-47(5)74(98)85-52-23-21-48(22-24-52)43-109-79(103)92-61-36-66(64(106-8)34-58(61)77(101)91-44-80(27-28-80)37-62(91)78(92)102)108-30-14-29-107-65-35-59-57(33-63(65)105-7)76(100)89-42-51(31-53(89)38-81-59)49-16-13-17-54(32-49)104-6/h9-13,15-24,32-36,42,45-47,53,62,71,78,81,102H,14,25-31,37-41,43-44H2,1-8H3,(H,82,94)(H,83,95)(H,84,99)(H,85,98)(H,86,96)/t47-,53-,62-,71-,78?/m0/s1. The maximum atomic E-state index is 14.5. The zero-order chi connectivity index (χ0) is 76.9. The van der Waals surface area contributed by atoms with Crippen molar-refractivity contribution in [3.63, 3.8) is 0 Å². The average molecular weight is 1490 g/mol. The van der Waals surface area contributed by atoms with Crippen LogP contribution in [0.5, 0.6) is 28.7 Å². The largest absolute Gasteiger partial charge is 0.497 e. The van der Waals surface area contributed by atoms with Gasteiger partial charge in [-0.3, -0.25) is 38.4 Å². The summed E-state index contributed by atoms with van der Waals surface area (Å²) in [6, 6.07) is 32.7. The minimum Gasteiger partial charge on any atom is -0.497 e. The van der Waals surface area contributed by atoms with Crippen LogP contribution in [0.3, 0.4) is 0 Å². The molecule has 9 amide bonds. The predicted molar refractivity (Wildman–Crippen MR) is 403 cm³/mol. The lowest BCUT2D eigenvalue weighted by atomic mass is 9.95. The van der Waals surface area contributed by atoms with E-state index in [4.69, 9.17) is 28.4 Å². The molecule has 29 nitrogen and oxygen atoms in total. The first-order valence-corrected chi connectivity index (χ1v) is 36.6. The summed E-state index contributed by atoms with van der Waals surface area (Å²) in [6.07, 6.45) is 2.31. The van der Waals surface area contributed by atoms with Crippen LogP contribution >= 0.6 is 0 Å². The molecule has 1 saturated carbocycles. The number of amides is 9. The molecule has 5 aliphatic heterocycles. The third kappa shape index (κ3) is 16.2. The summed E-state index contributed by atoms with van der Waals surface area (Å²) in [5.41, 5.74) is 8.49. The number of fused-ring (bicyclic) bond motifs is 9. The molecule has 6 heterocycles. The van der Waals surface area contributed by atoms with Gasteiger partial charge in [0, 0.05) is 73.5 Å². The lowest BCUT2D eigenvalue weighted by Crippen LogP contribution is -2.55. The fourth-order valence-corrected chi connectivity index (χ4v) is 14.5. The Bertz CT molecular complexity index is 4730. The zero-order valence-corrected chi connectivity index (χ0v) is 62.0. The molecular weight excluding hydrogens is 1400 g/mol. The van der Waals surface area contributed by atoms with Gasteiger partial charge in [-0.15, -0.1) is 5.10 Å². The first-order chi connectivity index (χ1) is 52.5. The predicted octanol–water partition coefficient (Wildman–Crippen LogP) is 8.36. The van der Waals surface area contributed by atoms with Crippen molar-refractivity contribution in [2.24, 2.45) is 11.3 Å². The highest BCUT2D eigenvalue weighted by Gasteiger charge is 2.58. The summed E-state index contributed by atoms with van der Waals surface area (Å²) in [4.78, 5) is 129. The van der Waals surface area contributed by atoms with Crippen molar-refractivity contribution in [1.29, 1.82) is 0 Å². The second-order valence-electron chi connectivity index (χ2n) is 28.7. The fraction of sp³-hybridized carbons (Fsp3) is 0.388. The number of benzene rings is 6. The molecule has 0 radical (unpaired) electrons. The van der Waals surface area contributed by atoms with Crippen molar-refractivity contribution in [2.45, 2.75) is 129 Å². The summed E-state index contributed by atoms with van der Waals surface area (Å²) in [7, 11) is 4.56. The van der Waals surface area contributed by atoms with Gasteiger partial charge in [0.25, 0.3) is 11.8 Å². The number of nitrogens with one attached hydrogen (secondary N) is 6. The van der Waals surface area contributed by atoms with Gasteiger partial charge in [0.05, 0.1) is 100 Å². The first-order valence-electron chi connectivity index (χ1n) is 36.6. The molecular formula is C80H89N13O16. The van der Waals surface area contributed by atoms with Crippen molar-refractivity contribution >= 4 is 81.7 Å². The van der Waals surface area contributed by atoms with Gasteiger partial charge < -0.3 is 80.1 Å². The normalized spacial score (nSPS) is 17.5. The average Bonchev–Trinajstić information content (AvgIpc) is 1.57. The minimum absolute atomic E-state index is 0.0186. The van der Waals surface area contributed by atoms with Gasteiger partial charge in [-0.25, -0.2) is 14.4 Å². The second kappa shape index (κ2) is 32.2. The zero-order valence-electron chi connectivity index (χ0n) is 62.0. The van der Waals surface area contributed by atoms with Crippen LogP contribution in [-0.4, -0.2) is 174 Å². The molecule has 7 N–H and O–H groups in total. The summed E-state index contributed by atoms with van der Waals surface area (Å²) < 4.78 is 37.2. The van der Waals surface area contributed by atoms with Crippen LogP contribution in [0.1, 0.15) is 123 Å². The van der Waals surface area contributed by atoms with E-state index in [-0.39, 0.29) is 97.2 Å². The molecule has 0 bridgehead atoms. The van der Waals surface area contributed by atoms with E-state index in [1.165, 1.54) is 33.3 Å². The SMILES string of the molecule is COc1cccc(C2=CN3C(=O)c4cc(OC)c(OCCCOc5cc6c(cc5OC)C(=O)N5CC7(CC7)C[C@H]5C(O)N6C(=O)OCc5ccc(NC(=O)[C@H](C)NC(=O)[C@@H](NC(=O)CNC(=O)CNC(=O)CCC(=O)N6Cc7ccccc7-c7c(nnn7C(C)C)-c7ccccc76)C(C)C)cc5)cc4NC[C@@H]3C2)c1. The molecule has 1 spiro atoms. The molecule has 7 aromatic rings. The van der Waals surface area contributed by atoms with Crippen LogP contribution in [0, 0.1) is 11.3 Å². The molecule has 13 rings (SSSR count). The van der Waals surface area contributed by atoms with Gasteiger partial charge >= 0.3 is 6.09 Å². The molecule has 1 aromatic heterocycles. The van der Waals surface area contributed by atoms with E-state index in [0.717, 1.165) is 57.0 Å². The Morgan fingerprint density at radius 1 is 0.688 bits per heavy atom. The number of rotatable bonds is 26. The number of para-hydroxylation sites is 1. The van der Waals surface area contributed by atoms with Crippen molar-refractivity contribution in [3.8, 4) is 51.3 Å². The second-order valence-corrected chi connectivity index (χ2v) is 28.7. The van der Waals surface area contributed by atoms with Gasteiger partial charge in [-0.2, -0.15) is 0 Å². The molecule has 6 aliphatic rings. The number of hydrogen-bond acceptors (Lipinski definition) is 19. The highest BCUT2D eigenvalue weighted by molar-refractivity contribution is 6.07. The summed E-state index contributed by atoms with van der Waals surface area (Å²) in [5.74, 6) is -2.64. The minimum atomic E-state index is -1.50. The van der Waals surface area contributed by atoms with Crippen molar-refractivity contribution in [1.82, 2.24) is 46.1 Å². The summed E-state index contributed by atoms with van der Waals surface area (Å²) in [5, 5.41) is 37.6. The van der Waals surface area contributed by atoms with Crippen LogP contribution in [-0.2, 0) is 46.7 Å². The van der Waals surface area contributed by atoms with E-state index in [1.54, 1.807) is 72.1 Å². The van der Waals surface area contributed by atoms with Gasteiger partial charge in [0.1, 0.15) is 30.1 Å². The Balaban J connectivity index is 0.569. The van der Waals surface area contributed by atoms with E-state index in [0.29, 0.717) is 77.7 Å². The molecule has 1 saturated heterocycles. The number of aromatic nitrogens is 3. The molecule has 6 aromatic carbocycles. The van der Waals surface area contributed by atoms with E-state index in [9.17, 15) is 48.3 Å². The van der Waals surface area contributed by atoms with Gasteiger partial charge in [-0.05, 0) is 123 Å². The highest BCUT2D eigenvalue weighted by Crippen LogP contribution is 2.57. The molecule has 1 unspecified atom stereocenters. The number of carbonyl (C=O) groups excluding carboxylic acids is 9. The first kappa shape index (κ1) is 75.2. The van der Waals surface area contributed by atoms with Gasteiger partial charge in [0.15, 0.2) is 29.2 Å². The molecule has 2 fully saturated rings. The van der Waals surface area contributed by atoms with Crippen molar-refractivity contribution in [3.05, 3.63) is 155 Å². The smallest absolute Gasteiger partial charge is 0.416 e. The number of ether oxygens (including phenoxy) is 6. The lowest BCUT2D eigenvalue weighted by molar-refractivity contribution is -0.132. The number of hydrogen-bond donors (Lipinski definition) is 7. The molecule has 570 valence electrons. The van der Waals surface area contributed by atoms with Crippen LogP contribution in [0.4, 0.5) is 27.5 Å². The van der Waals surface area contributed by atoms with Crippen LogP contribution in [0.15, 0.2) is 128 Å². The third-order valence-corrected chi connectivity index (χ3v) is 20.6. The van der Waals surface area contributed by atoms with Crippen LogP contribution in [0.25, 0.3) is 28.1 Å². The number of anilines is 4. The lowest BCUT2D eigenvalue weighted by Gasteiger charge is -2.31. The van der Waals surface area contributed by atoms with Crippen LogP contribution < -0.4 is 65.4 Å². The monoisotopic (exact) mass is 1490 g/mol. The highest BCUT2D eigenvalue weighted by atomic mass is 16.6. The Hall–Kier alpha value is -12.0.